The molecule has 1 atom stereocenters. The molecule has 3 amide bonds. The van der Waals surface area contributed by atoms with Crippen LogP contribution in [0.15, 0.2) is 102 Å². The van der Waals surface area contributed by atoms with Crippen molar-refractivity contribution in [2.45, 2.75) is 17.1 Å². The zero-order valence-corrected chi connectivity index (χ0v) is 27.8. The molecule has 3 N–H and O–H groups in total. The summed E-state index contributed by atoms with van der Waals surface area (Å²) in [5, 5.41) is 7.79. The Morgan fingerprint density at radius 2 is 1.38 bits per heavy atom. The van der Waals surface area contributed by atoms with Gasteiger partial charge in [0.05, 0.1) is 44.9 Å². The van der Waals surface area contributed by atoms with Gasteiger partial charge in [0.25, 0.3) is 11.8 Å². The Morgan fingerprint density at radius 1 is 0.750 bits per heavy atom. The molecule has 0 fully saturated rings. The molecule has 11 nitrogen and oxygen atoms in total. The fraction of sp³-hybridized carbons (Fsp3) is 0.167. The van der Waals surface area contributed by atoms with Crippen LogP contribution in [0, 0.1) is 0 Å². The molecule has 0 saturated carbocycles. The van der Waals surface area contributed by atoms with Gasteiger partial charge in [0.2, 0.25) is 11.7 Å². The summed E-state index contributed by atoms with van der Waals surface area (Å²) in [6, 6.07) is 25.3. The lowest BCUT2D eigenvalue weighted by Crippen LogP contribution is -2.30. The summed E-state index contributed by atoms with van der Waals surface area (Å²) in [7, 11) is 5.73. The van der Waals surface area contributed by atoms with Gasteiger partial charge in [0.15, 0.2) is 11.5 Å². The second-order valence-corrected chi connectivity index (χ2v) is 11.5. The number of carbonyl (C=O) groups is 4. The highest BCUT2D eigenvalue weighted by Crippen LogP contribution is 2.38. The highest BCUT2D eigenvalue weighted by Gasteiger charge is 2.20. The van der Waals surface area contributed by atoms with Crippen LogP contribution in [0.5, 0.6) is 17.2 Å². The van der Waals surface area contributed by atoms with Crippen LogP contribution in [0.1, 0.15) is 33.2 Å². The molecule has 0 aliphatic heterocycles. The first-order chi connectivity index (χ1) is 23.2. The Hall–Kier alpha value is -5.75. The number of para-hydroxylation sites is 1. The van der Waals surface area contributed by atoms with Crippen LogP contribution < -0.4 is 30.2 Å². The van der Waals surface area contributed by atoms with E-state index < -0.39 is 23.0 Å². The normalized spacial score (nSPS) is 11.5. The molecule has 48 heavy (non-hydrogen) atoms. The van der Waals surface area contributed by atoms with E-state index in [2.05, 4.69) is 16.0 Å². The van der Waals surface area contributed by atoms with Crippen molar-refractivity contribution in [3.8, 4) is 17.2 Å². The fourth-order valence-electron chi connectivity index (χ4n) is 4.48. The minimum absolute atomic E-state index is 0.0332. The monoisotopic (exact) mass is 669 g/mol. The van der Waals surface area contributed by atoms with Crippen LogP contribution in [-0.2, 0) is 14.3 Å². The SMILES string of the molecule is COC(=O)c1ccccc1NC(=O)C(C)Sc1ccc(NC(=O)/C(=C/c2cc(OC)c(OC)c(OC)c2)NC(=O)c2ccccc2)cc1. The highest BCUT2D eigenvalue weighted by molar-refractivity contribution is 8.00. The second-order valence-electron chi connectivity index (χ2n) is 10.1. The maximum absolute atomic E-state index is 13.6. The number of esters is 1. The summed E-state index contributed by atoms with van der Waals surface area (Å²) in [5.41, 5.74) is 1.91. The Labute approximate surface area is 282 Å². The molecule has 4 aromatic carbocycles. The lowest BCUT2D eigenvalue weighted by Gasteiger charge is -2.15. The van der Waals surface area contributed by atoms with Gasteiger partial charge >= 0.3 is 5.97 Å². The van der Waals surface area contributed by atoms with Crippen LogP contribution in [0.4, 0.5) is 11.4 Å². The Kier molecular flexibility index (Phi) is 12.2. The third kappa shape index (κ3) is 8.95. The predicted octanol–water partition coefficient (Wildman–Crippen LogP) is 6.03. The van der Waals surface area contributed by atoms with E-state index in [-0.39, 0.29) is 17.2 Å². The molecule has 0 aliphatic rings. The molecule has 0 spiro atoms. The van der Waals surface area contributed by atoms with Crippen molar-refractivity contribution in [2.75, 3.05) is 39.1 Å². The van der Waals surface area contributed by atoms with E-state index >= 15 is 0 Å². The van der Waals surface area contributed by atoms with Crippen molar-refractivity contribution in [1.29, 1.82) is 0 Å². The summed E-state index contributed by atoms with van der Waals surface area (Å²) < 4.78 is 21.1. The average Bonchev–Trinajstić information content (AvgIpc) is 3.11. The molecule has 0 aliphatic carbocycles. The minimum Gasteiger partial charge on any atom is -0.493 e. The number of rotatable bonds is 13. The van der Waals surface area contributed by atoms with E-state index in [0.717, 1.165) is 4.90 Å². The Balaban J connectivity index is 1.51. The average molecular weight is 670 g/mol. The lowest BCUT2D eigenvalue weighted by atomic mass is 10.1. The van der Waals surface area contributed by atoms with Gasteiger partial charge in [-0.05, 0) is 79.2 Å². The molecule has 4 rings (SSSR count). The largest absolute Gasteiger partial charge is 0.493 e. The van der Waals surface area contributed by atoms with Gasteiger partial charge in [-0.2, -0.15) is 0 Å². The summed E-state index contributed by atoms with van der Waals surface area (Å²) in [5.74, 6) is -0.772. The van der Waals surface area contributed by atoms with Crippen LogP contribution in [0.2, 0.25) is 0 Å². The molecular formula is C36H35N3O8S. The van der Waals surface area contributed by atoms with Crippen LogP contribution in [0.25, 0.3) is 6.08 Å². The number of carbonyl (C=O) groups excluding carboxylic acids is 4. The van der Waals surface area contributed by atoms with Gasteiger partial charge in [0, 0.05) is 16.1 Å². The molecule has 0 radical (unpaired) electrons. The van der Waals surface area contributed by atoms with E-state index in [4.69, 9.17) is 18.9 Å². The van der Waals surface area contributed by atoms with Gasteiger partial charge in [-0.3, -0.25) is 14.4 Å². The Bertz CT molecular complexity index is 1780. The van der Waals surface area contributed by atoms with Crippen molar-refractivity contribution in [3.05, 3.63) is 113 Å². The van der Waals surface area contributed by atoms with Crippen molar-refractivity contribution < 1.29 is 38.1 Å². The zero-order valence-electron chi connectivity index (χ0n) is 27.0. The standard InChI is InChI=1S/C36H35N3O8S/c1-22(33(40)38-28-14-10-9-13-27(28)36(43)47-5)48-26-17-15-25(16-18-26)37-35(42)29(39-34(41)24-11-7-6-8-12-24)19-23-20-30(44-2)32(46-4)31(21-23)45-3/h6-22H,1-5H3,(H,37,42)(H,38,40)(H,39,41)/b29-19-. The maximum atomic E-state index is 13.6. The van der Waals surface area contributed by atoms with Gasteiger partial charge < -0.3 is 34.9 Å². The molecule has 0 aromatic heterocycles. The number of thioether (sulfide) groups is 1. The molecule has 0 saturated heterocycles. The number of methoxy groups -OCH3 is 4. The van der Waals surface area contributed by atoms with Crippen molar-refractivity contribution in [1.82, 2.24) is 5.32 Å². The topological polar surface area (TPSA) is 141 Å². The molecular weight excluding hydrogens is 634 g/mol. The number of hydrogen-bond donors (Lipinski definition) is 3. The molecule has 4 aromatic rings. The van der Waals surface area contributed by atoms with E-state index in [1.54, 1.807) is 97.9 Å². The number of nitrogens with one attached hydrogen (secondary N) is 3. The number of ether oxygens (including phenoxy) is 4. The highest BCUT2D eigenvalue weighted by atomic mass is 32.2. The number of amides is 3. The van der Waals surface area contributed by atoms with Gasteiger partial charge in [0.1, 0.15) is 5.70 Å². The quantitative estimate of drug-likeness (QED) is 0.0884. The van der Waals surface area contributed by atoms with Gasteiger partial charge in [-0.15, -0.1) is 11.8 Å². The van der Waals surface area contributed by atoms with E-state index in [9.17, 15) is 19.2 Å². The second kappa shape index (κ2) is 16.7. The van der Waals surface area contributed by atoms with Gasteiger partial charge in [-0.25, -0.2) is 4.79 Å². The van der Waals surface area contributed by atoms with Crippen molar-refractivity contribution >= 4 is 52.9 Å². The van der Waals surface area contributed by atoms with Crippen molar-refractivity contribution in [2.24, 2.45) is 0 Å². The maximum Gasteiger partial charge on any atom is 0.339 e. The summed E-state index contributed by atoms with van der Waals surface area (Å²) in [6.07, 6.45) is 1.50. The third-order valence-electron chi connectivity index (χ3n) is 6.91. The number of hydrogen-bond acceptors (Lipinski definition) is 9. The Morgan fingerprint density at radius 3 is 1.98 bits per heavy atom. The van der Waals surface area contributed by atoms with E-state index in [1.165, 1.54) is 46.3 Å². The van der Waals surface area contributed by atoms with Crippen LogP contribution in [0.3, 0.4) is 0 Å². The van der Waals surface area contributed by atoms with Crippen LogP contribution in [-0.4, -0.2) is 57.4 Å². The zero-order chi connectivity index (χ0) is 34.6. The summed E-state index contributed by atoms with van der Waals surface area (Å²) in [6.45, 7) is 1.74. The van der Waals surface area contributed by atoms with Crippen LogP contribution >= 0.6 is 11.8 Å². The first kappa shape index (κ1) is 35.1. The van der Waals surface area contributed by atoms with E-state index in [1.807, 2.05) is 0 Å². The summed E-state index contributed by atoms with van der Waals surface area (Å²) in [4.78, 5) is 52.4. The molecule has 12 heteroatoms. The first-order valence-electron chi connectivity index (χ1n) is 14.6. The fourth-order valence-corrected chi connectivity index (χ4v) is 5.35. The molecule has 0 heterocycles. The first-order valence-corrected chi connectivity index (χ1v) is 15.5. The number of anilines is 2. The third-order valence-corrected chi connectivity index (χ3v) is 8.02. The number of benzene rings is 4. The molecule has 1 unspecified atom stereocenters. The van der Waals surface area contributed by atoms with E-state index in [0.29, 0.717) is 39.8 Å². The van der Waals surface area contributed by atoms with Gasteiger partial charge in [-0.1, -0.05) is 30.3 Å². The summed E-state index contributed by atoms with van der Waals surface area (Å²) >= 11 is 1.30. The predicted molar refractivity (Wildman–Crippen MR) is 185 cm³/mol. The molecule has 0 bridgehead atoms. The lowest BCUT2D eigenvalue weighted by molar-refractivity contribution is -0.115. The molecule has 248 valence electrons. The smallest absolute Gasteiger partial charge is 0.339 e. The van der Waals surface area contributed by atoms with Crippen molar-refractivity contribution in [3.63, 3.8) is 0 Å². The minimum atomic E-state index is -0.578.